The molecule has 2 amide bonds. The number of ether oxygens (including phenoxy) is 2. The van der Waals surface area contributed by atoms with Crippen LogP contribution in [0.4, 0.5) is 4.79 Å². The van der Waals surface area contributed by atoms with Crippen molar-refractivity contribution in [3.8, 4) is 0 Å². The summed E-state index contributed by atoms with van der Waals surface area (Å²) >= 11 is 0. The minimum Gasteiger partial charge on any atom is -0.417 e. The Morgan fingerprint density at radius 1 is 1.24 bits per heavy atom. The minimum absolute atomic E-state index is 0.0506. The second-order valence-electron chi connectivity index (χ2n) is 4.49. The van der Waals surface area contributed by atoms with Gasteiger partial charge in [0.2, 0.25) is 12.2 Å². The van der Waals surface area contributed by atoms with Crippen LogP contribution in [-0.4, -0.2) is 82.8 Å². The van der Waals surface area contributed by atoms with E-state index in [4.69, 9.17) is 19.7 Å². The molecule has 1 saturated heterocycles. The van der Waals surface area contributed by atoms with Crippen LogP contribution in [0.5, 0.6) is 0 Å². The standard InChI is InChI=1S/C11H20N2O8/c1-5(16)13-7-9(18)8(17)6(4-15)20-10(7)21-11(19)12-2-3-14/h6-10,14-15,17-18H,2-4H2,1H3,(H,12,19)(H,13,16)/t6-,7-,8+,9-,10-/m1/s1. The van der Waals surface area contributed by atoms with Crippen molar-refractivity contribution in [3.63, 3.8) is 0 Å². The van der Waals surface area contributed by atoms with Crippen LogP contribution in [0.2, 0.25) is 0 Å². The molecule has 1 fully saturated rings. The summed E-state index contributed by atoms with van der Waals surface area (Å²) in [5.74, 6) is -0.526. The molecule has 0 unspecified atom stereocenters. The Morgan fingerprint density at radius 3 is 2.43 bits per heavy atom. The average Bonchev–Trinajstić information content (AvgIpc) is 2.44. The number of hydrogen-bond acceptors (Lipinski definition) is 8. The monoisotopic (exact) mass is 308 g/mol. The summed E-state index contributed by atoms with van der Waals surface area (Å²) in [6.07, 6.45) is -6.45. The Bertz CT molecular complexity index is 366. The van der Waals surface area contributed by atoms with Gasteiger partial charge in [-0.3, -0.25) is 4.79 Å². The van der Waals surface area contributed by atoms with Gasteiger partial charge in [0.1, 0.15) is 24.4 Å². The molecular formula is C11H20N2O8. The lowest BCUT2D eigenvalue weighted by Crippen LogP contribution is -2.65. The molecule has 10 heteroatoms. The second kappa shape index (κ2) is 8.10. The van der Waals surface area contributed by atoms with Gasteiger partial charge in [-0.1, -0.05) is 0 Å². The number of amides is 2. The fourth-order valence-corrected chi connectivity index (χ4v) is 1.88. The normalized spacial score (nSPS) is 32.3. The summed E-state index contributed by atoms with van der Waals surface area (Å²) in [5.41, 5.74) is 0. The molecule has 0 aromatic heterocycles. The van der Waals surface area contributed by atoms with E-state index in [1.165, 1.54) is 6.92 Å². The van der Waals surface area contributed by atoms with Gasteiger partial charge in [0.25, 0.3) is 0 Å². The SMILES string of the molecule is CC(=O)N[C@H]1[C@@H](OC(=O)NCCO)O[C@H](CO)[C@H](O)[C@@H]1O. The van der Waals surface area contributed by atoms with Crippen LogP contribution in [0.1, 0.15) is 6.92 Å². The molecule has 0 aromatic carbocycles. The maximum absolute atomic E-state index is 11.4. The van der Waals surface area contributed by atoms with Crippen molar-refractivity contribution in [2.75, 3.05) is 19.8 Å². The zero-order valence-electron chi connectivity index (χ0n) is 11.4. The average molecular weight is 308 g/mol. The van der Waals surface area contributed by atoms with E-state index in [0.29, 0.717) is 0 Å². The van der Waals surface area contributed by atoms with Crippen LogP contribution < -0.4 is 10.6 Å². The highest BCUT2D eigenvalue weighted by Gasteiger charge is 2.46. The highest BCUT2D eigenvalue weighted by Crippen LogP contribution is 2.22. The van der Waals surface area contributed by atoms with Gasteiger partial charge in [-0.05, 0) is 0 Å². The molecule has 0 spiro atoms. The predicted molar refractivity (Wildman–Crippen MR) is 66.9 cm³/mol. The maximum Gasteiger partial charge on any atom is 0.409 e. The van der Waals surface area contributed by atoms with Crippen LogP contribution in [0, 0.1) is 0 Å². The maximum atomic E-state index is 11.4. The number of aliphatic hydroxyl groups is 4. The molecule has 1 heterocycles. The summed E-state index contributed by atoms with van der Waals surface area (Å²) in [6.45, 7) is 0.227. The number of hydrogen-bond donors (Lipinski definition) is 6. The third-order valence-corrected chi connectivity index (χ3v) is 2.86. The smallest absolute Gasteiger partial charge is 0.409 e. The third-order valence-electron chi connectivity index (χ3n) is 2.86. The van der Waals surface area contributed by atoms with Crippen molar-refractivity contribution in [1.82, 2.24) is 10.6 Å². The molecule has 0 radical (unpaired) electrons. The lowest BCUT2D eigenvalue weighted by molar-refractivity contribution is -0.252. The van der Waals surface area contributed by atoms with Gasteiger partial charge in [-0.2, -0.15) is 0 Å². The van der Waals surface area contributed by atoms with Crippen LogP contribution in [0.15, 0.2) is 0 Å². The number of alkyl carbamates (subject to hydrolysis) is 1. The molecule has 1 rings (SSSR count). The van der Waals surface area contributed by atoms with Crippen molar-refractivity contribution >= 4 is 12.0 Å². The van der Waals surface area contributed by atoms with E-state index in [9.17, 15) is 19.8 Å². The molecule has 0 saturated carbocycles. The van der Waals surface area contributed by atoms with E-state index < -0.39 is 49.3 Å². The van der Waals surface area contributed by atoms with E-state index in [1.54, 1.807) is 0 Å². The number of nitrogens with one attached hydrogen (secondary N) is 2. The Kier molecular flexibility index (Phi) is 6.78. The van der Waals surface area contributed by atoms with Gasteiger partial charge >= 0.3 is 6.09 Å². The van der Waals surface area contributed by atoms with Gasteiger partial charge in [0.15, 0.2) is 0 Å². The fourth-order valence-electron chi connectivity index (χ4n) is 1.88. The molecule has 122 valence electrons. The summed E-state index contributed by atoms with van der Waals surface area (Å²) in [4.78, 5) is 22.6. The fraction of sp³-hybridized carbons (Fsp3) is 0.818. The van der Waals surface area contributed by atoms with Crippen LogP contribution >= 0.6 is 0 Å². The summed E-state index contributed by atoms with van der Waals surface area (Å²) in [5, 5.41) is 41.8. The zero-order valence-corrected chi connectivity index (χ0v) is 11.4. The molecule has 0 bridgehead atoms. The largest absolute Gasteiger partial charge is 0.417 e. The first kappa shape index (κ1) is 17.6. The lowest BCUT2D eigenvalue weighted by atomic mass is 9.97. The number of carbonyl (C=O) groups is 2. The summed E-state index contributed by atoms with van der Waals surface area (Å²) in [7, 11) is 0. The minimum atomic E-state index is -1.49. The van der Waals surface area contributed by atoms with E-state index >= 15 is 0 Å². The van der Waals surface area contributed by atoms with Gasteiger partial charge in [0, 0.05) is 13.5 Å². The zero-order chi connectivity index (χ0) is 16.0. The van der Waals surface area contributed by atoms with E-state index in [1.807, 2.05) is 0 Å². The van der Waals surface area contributed by atoms with Gasteiger partial charge < -0.3 is 40.5 Å². The highest BCUT2D eigenvalue weighted by atomic mass is 16.7. The molecule has 5 atom stereocenters. The number of carbonyl (C=O) groups excluding carboxylic acids is 2. The van der Waals surface area contributed by atoms with E-state index in [-0.39, 0.29) is 13.2 Å². The van der Waals surface area contributed by atoms with Crippen LogP contribution in [-0.2, 0) is 14.3 Å². The Balaban J connectivity index is 2.78. The van der Waals surface area contributed by atoms with Crippen molar-refractivity contribution in [2.45, 2.75) is 37.6 Å². The Labute approximate surface area is 120 Å². The molecule has 0 aromatic rings. The van der Waals surface area contributed by atoms with Crippen molar-refractivity contribution < 1.29 is 39.5 Å². The lowest BCUT2D eigenvalue weighted by Gasteiger charge is -2.41. The molecule has 10 nitrogen and oxygen atoms in total. The summed E-state index contributed by atoms with van der Waals surface area (Å²) < 4.78 is 10.0. The Hall–Kier alpha value is -1.46. The number of aliphatic hydroxyl groups excluding tert-OH is 4. The van der Waals surface area contributed by atoms with Gasteiger partial charge in [0.05, 0.1) is 13.2 Å². The molecule has 1 aliphatic heterocycles. The van der Waals surface area contributed by atoms with Gasteiger partial charge in [-0.25, -0.2) is 4.79 Å². The summed E-state index contributed by atoms with van der Waals surface area (Å²) in [6, 6.07) is -1.19. The first-order valence-electron chi connectivity index (χ1n) is 6.35. The molecular weight excluding hydrogens is 288 g/mol. The molecule has 0 aliphatic carbocycles. The molecule has 21 heavy (non-hydrogen) atoms. The van der Waals surface area contributed by atoms with Crippen molar-refractivity contribution in [1.29, 1.82) is 0 Å². The third kappa shape index (κ3) is 4.79. The van der Waals surface area contributed by atoms with Gasteiger partial charge in [-0.15, -0.1) is 0 Å². The van der Waals surface area contributed by atoms with E-state index in [2.05, 4.69) is 10.6 Å². The Morgan fingerprint density at radius 2 is 1.90 bits per heavy atom. The highest BCUT2D eigenvalue weighted by molar-refractivity contribution is 5.73. The number of rotatable bonds is 5. The second-order valence-corrected chi connectivity index (χ2v) is 4.49. The van der Waals surface area contributed by atoms with Crippen molar-refractivity contribution in [3.05, 3.63) is 0 Å². The predicted octanol–water partition coefficient (Wildman–Crippen LogP) is -3.35. The van der Waals surface area contributed by atoms with Crippen LogP contribution in [0.25, 0.3) is 0 Å². The molecule has 1 aliphatic rings. The van der Waals surface area contributed by atoms with Crippen LogP contribution in [0.3, 0.4) is 0 Å². The van der Waals surface area contributed by atoms with E-state index in [0.717, 1.165) is 0 Å². The first-order valence-corrected chi connectivity index (χ1v) is 6.35. The first-order chi connectivity index (χ1) is 9.90. The quantitative estimate of drug-likeness (QED) is 0.307. The molecule has 6 N–H and O–H groups in total. The van der Waals surface area contributed by atoms with Crippen molar-refractivity contribution in [2.24, 2.45) is 0 Å². The topological polar surface area (TPSA) is 158 Å².